The third-order valence-corrected chi connectivity index (χ3v) is 4.68. The van der Waals surface area contributed by atoms with Crippen LogP contribution in [0.1, 0.15) is 19.3 Å². The van der Waals surface area contributed by atoms with E-state index < -0.39 is 73.6 Å². The first-order chi connectivity index (χ1) is 12.9. The van der Waals surface area contributed by atoms with E-state index in [1.54, 1.807) is 0 Å². The van der Waals surface area contributed by atoms with Crippen molar-refractivity contribution in [1.82, 2.24) is 16.0 Å². The lowest BCUT2D eigenvalue weighted by Gasteiger charge is -2.22. The van der Waals surface area contributed by atoms with Crippen LogP contribution in [-0.2, 0) is 19.1 Å². The van der Waals surface area contributed by atoms with Crippen LogP contribution >= 0.6 is 0 Å². The van der Waals surface area contributed by atoms with Crippen LogP contribution in [-0.4, -0.2) is 61.9 Å². The van der Waals surface area contributed by atoms with Gasteiger partial charge >= 0.3 is 12.5 Å². The van der Waals surface area contributed by atoms with E-state index in [1.807, 2.05) is 0 Å². The summed E-state index contributed by atoms with van der Waals surface area (Å²) >= 11 is 0. The summed E-state index contributed by atoms with van der Waals surface area (Å²) in [4.78, 5) is 36.0. The van der Waals surface area contributed by atoms with E-state index in [-0.39, 0.29) is 6.42 Å². The van der Waals surface area contributed by atoms with Crippen LogP contribution in [0.4, 0.5) is 26.3 Å². The van der Waals surface area contributed by atoms with Gasteiger partial charge in [0.2, 0.25) is 11.8 Å². The van der Waals surface area contributed by atoms with Crippen molar-refractivity contribution in [1.29, 1.82) is 0 Å². The molecule has 0 aromatic carbocycles. The second-order valence-electron chi connectivity index (χ2n) is 6.71. The monoisotopic (exact) mass is 419 g/mol. The Morgan fingerprint density at radius 3 is 2.39 bits per heavy atom. The molecule has 3 N–H and O–H groups in total. The Morgan fingerprint density at radius 2 is 1.89 bits per heavy atom. The molecule has 28 heavy (non-hydrogen) atoms. The number of rotatable bonds is 7. The Balaban J connectivity index is 2.00. The standard InChI is InChI=1S/C15H19F6N3O4/c16-14(17,18)8-4-10(23-5-8)13(27)24-9(3-7-1-2-22-12(7)26)11(25)6-28-15(19,20)21/h7-10,23H,1-6H2,(H,22,26)(H,24,27)/t7?,8-,9?,10?/m1/s1. The second-order valence-corrected chi connectivity index (χ2v) is 6.71. The topological polar surface area (TPSA) is 96.5 Å². The average Bonchev–Trinajstić information content (AvgIpc) is 3.20. The number of ketones is 1. The highest BCUT2D eigenvalue weighted by molar-refractivity contribution is 5.92. The molecule has 0 radical (unpaired) electrons. The molecule has 2 rings (SSSR count). The number of nitrogens with one attached hydrogen (secondary N) is 3. The highest BCUT2D eigenvalue weighted by Crippen LogP contribution is 2.32. The van der Waals surface area contributed by atoms with Gasteiger partial charge in [-0.2, -0.15) is 13.2 Å². The number of hydrogen-bond donors (Lipinski definition) is 3. The number of carbonyl (C=O) groups is 3. The fourth-order valence-corrected chi connectivity index (χ4v) is 3.14. The zero-order valence-corrected chi connectivity index (χ0v) is 14.5. The van der Waals surface area contributed by atoms with Crippen molar-refractivity contribution in [3.63, 3.8) is 0 Å². The highest BCUT2D eigenvalue weighted by atomic mass is 19.4. The van der Waals surface area contributed by atoms with E-state index in [0.29, 0.717) is 13.0 Å². The molecule has 160 valence electrons. The Kier molecular flexibility index (Phi) is 6.91. The first kappa shape index (κ1) is 22.4. The van der Waals surface area contributed by atoms with Crippen molar-refractivity contribution in [2.75, 3.05) is 19.7 Å². The maximum atomic E-state index is 12.7. The number of hydrogen-bond acceptors (Lipinski definition) is 5. The molecule has 2 saturated heterocycles. The van der Waals surface area contributed by atoms with Crippen molar-refractivity contribution in [3.05, 3.63) is 0 Å². The molecular weight excluding hydrogens is 400 g/mol. The number of alkyl halides is 6. The average molecular weight is 419 g/mol. The molecule has 0 bridgehead atoms. The minimum absolute atomic E-state index is 0.271. The van der Waals surface area contributed by atoms with E-state index in [1.165, 1.54) is 0 Å². The normalized spacial score (nSPS) is 26.8. The number of Topliss-reactive ketones (excluding diaryl/α,β-unsaturated/α-hetero) is 1. The van der Waals surface area contributed by atoms with Gasteiger partial charge in [0.05, 0.1) is 18.0 Å². The number of halogens is 6. The first-order valence-electron chi connectivity index (χ1n) is 8.48. The molecule has 2 heterocycles. The quantitative estimate of drug-likeness (QED) is 0.527. The molecule has 0 spiro atoms. The number of carbonyl (C=O) groups excluding carboxylic acids is 3. The zero-order valence-electron chi connectivity index (χ0n) is 14.5. The molecule has 2 amide bonds. The lowest BCUT2D eigenvalue weighted by Crippen LogP contribution is -2.50. The van der Waals surface area contributed by atoms with E-state index in [4.69, 9.17) is 0 Å². The van der Waals surface area contributed by atoms with Crippen LogP contribution in [0.5, 0.6) is 0 Å². The molecular formula is C15H19F6N3O4. The molecule has 0 aromatic heterocycles. The molecule has 4 atom stereocenters. The van der Waals surface area contributed by atoms with E-state index in [0.717, 1.165) is 0 Å². The van der Waals surface area contributed by atoms with Crippen LogP contribution in [0.3, 0.4) is 0 Å². The summed E-state index contributed by atoms with van der Waals surface area (Å²) in [5.74, 6) is -4.95. The molecule has 0 aromatic rings. The summed E-state index contributed by atoms with van der Waals surface area (Å²) in [6, 6.07) is -2.74. The Hall–Kier alpha value is -1.89. The number of amides is 2. The summed E-state index contributed by atoms with van der Waals surface area (Å²) in [5.41, 5.74) is 0. The number of ether oxygens (including phenoxy) is 1. The summed E-state index contributed by atoms with van der Waals surface area (Å²) in [5, 5.41) is 7.04. The summed E-state index contributed by atoms with van der Waals surface area (Å²) in [6.45, 7) is -1.55. The smallest absolute Gasteiger partial charge is 0.356 e. The molecule has 7 nitrogen and oxygen atoms in total. The molecule has 2 aliphatic heterocycles. The van der Waals surface area contributed by atoms with Gasteiger partial charge in [0, 0.05) is 19.0 Å². The summed E-state index contributed by atoms with van der Waals surface area (Å²) in [7, 11) is 0. The zero-order chi connectivity index (χ0) is 21.1. The third-order valence-electron chi connectivity index (χ3n) is 4.68. The SMILES string of the molecule is O=C1NCCC1CC(NC(=O)C1C[C@@H](C(F)(F)F)CN1)C(=O)COC(F)(F)F. The Labute approximate surface area is 155 Å². The van der Waals surface area contributed by atoms with Crippen LogP contribution in [0, 0.1) is 11.8 Å². The molecule has 13 heteroatoms. The predicted molar refractivity (Wildman–Crippen MR) is 80.6 cm³/mol. The molecule has 0 aliphatic carbocycles. The van der Waals surface area contributed by atoms with Gasteiger partial charge in [-0.25, -0.2) is 0 Å². The summed E-state index contributed by atoms with van der Waals surface area (Å²) in [6.07, 6.45) is -10.1. The van der Waals surface area contributed by atoms with Crippen molar-refractivity contribution in [2.24, 2.45) is 11.8 Å². The molecule has 2 aliphatic rings. The first-order valence-corrected chi connectivity index (χ1v) is 8.48. The lowest BCUT2D eigenvalue weighted by atomic mass is 9.95. The maximum absolute atomic E-state index is 12.7. The van der Waals surface area contributed by atoms with Gasteiger partial charge < -0.3 is 16.0 Å². The minimum Gasteiger partial charge on any atom is -0.356 e. The fourth-order valence-electron chi connectivity index (χ4n) is 3.14. The molecule has 3 unspecified atom stereocenters. The van der Waals surface area contributed by atoms with Crippen molar-refractivity contribution in [2.45, 2.75) is 43.9 Å². The van der Waals surface area contributed by atoms with Gasteiger partial charge in [-0.15, -0.1) is 13.2 Å². The Morgan fingerprint density at radius 1 is 1.21 bits per heavy atom. The minimum atomic E-state index is -5.07. The van der Waals surface area contributed by atoms with Crippen LogP contribution in [0.2, 0.25) is 0 Å². The molecule has 2 fully saturated rings. The van der Waals surface area contributed by atoms with Crippen molar-refractivity contribution in [3.8, 4) is 0 Å². The lowest BCUT2D eigenvalue weighted by molar-refractivity contribution is -0.321. The third kappa shape index (κ3) is 6.33. The largest absolute Gasteiger partial charge is 0.522 e. The van der Waals surface area contributed by atoms with Gasteiger partial charge in [0.25, 0.3) is 0 Å². The van der Waals surface area contributed by atoms with E-state index in [9.17, 15) is 40.7 Å². The highest BCUT2D eigenvalue weighted by Gasteiger charge is 2.46. The van der Waals surface area contributed by atoms with Crippen molar-refractivity contribution >= 4 is 17.6 Å². The van der Waals surface area contributed by atoms with Crippen LogP contribution in [0.25, 0.3) is 0 Å². The van der Waals surface area contributed by atoms with Gasteiger partial charge in [0.15, 0.2) is 5.78 Å². The van der Waals surface area contributed by atoms with Gasteiger partial charge in [-0.1, -0.05) is 0 Å². The van der Waals surface area contributed by atoms with Crippen LogP contribution in [0.15, 0.2) is 0 Å². The van der Waals surface area contributed by atoms with Gasteiger partial charge in [0.1, 0.15) is 6.61 Å². The van der Waals surface area contributed by atoms with Gasteiger partial charge in [-0.3, -0.25) is 19.1 Å². The van der Waals surface area contributed by atoms with E-state index >= 15 is 0 Å². The maximum Gasteiger partial charge on any atom is 0.522 e. The van der Waals surface area contributed by atoms with Crippen molar-refractivity contribution < 1.29 is 45.5 Å². The second kappa shape index (κ2) is 8.64. The van der Waals surface area contributed by atoms with Crippen LogP contribution < -0.4 is 16.0 Å². The summed E-state index contributed by atoms with van der Waals surface area (Å²) < 4.78 is 78.1. The predicted octanol–water partition coefficient (Wildman–Crippen LogP) is 0.643. The fraction of sp³-hybridized carbons (Fsp3) is 0.800. The molecule has 0 saturated carbocycles. The van der Waals surface area contributed by atoms with Gasteiger partial charge in [-0.05, 0) is 19.3 Å². The Bertz CT molecular complexity index is 610. The van der Waals surface area contributed by atoms with E-state index in [2.05, 4.69) is 20.7 Å².